The molecule has 94 valence electrons. The summed E-state index contributed by atoms with van der Waals surface area (Å²) in [6.07, 6.45) is 1.35. The molecule has 1 saturated heterocycles. The van der Waals surface area contributed by atoms with Crippen LogP contribution in [0, 0.1) is 0 Å². The van der Waals surface area contributed by atoms with E-state index in [0.29, 0.717) is 13.0 Å². The standard InChI is InChI=1S/C10H16O5.CH4/c1-8(11)6-14-10(4-3-5-13-10)15-7-9(2)12;/h3-7H2,1-2H3;1H4. The summed E-state index contributed by atoms with van der Waals surface area (Å²) in [6.45, 7) is 3.26. The lowest BCUT2D eigenvalue weighted by Crippen LogP contribution is -2.38. The Hall–Kier alpha value is -0.780. The molecule has 1 aliphatic heterocycles. The molecule has 0 N–H and O–H groups in total. The van der Waals surface area contributed by atoms with Gasteiger partial charge in [-0.15, -0.1) is 0 Å². The average Bonchev–Trinajstić information content (AvgIpc) is 2.61. The average molecular weight is 232 g/mol. The van der Waals surface area contributed by atoms with Crippen molar-refractivity contribution in [3.05, 3.63) is 0 Å². The van der Waals surface area contributed by atoms with Crippen LogP contribution < -0.4 is 0 Å². The maximum atomic E-state index is 10.8. The third-order valence-corrected chi connectivity index (χ3v) is 1.94. The van der Waals surface area contributed by atoms with Gasteiger partial charge in [0, 0.05) is 6.42 Å². The van der Waals surface area contributed by atoms with Crippen LogP contribution in [0.5, 0.6) is 0 Å². The number of carbonyl (C=O) groups is 2. The summed E-state index contributed by atoms with van der Waals surface area (Å²) >= 11 is 0. The summed E-state index contributed by atoms with van der Waals surface area (Å²) in [7, 11) is 0. The van der Waals surface area contributed by atoms with Crippen molar-refractivity contribution in [1.82, 2.24) is 0 Å². The van der Waals surface area contributed by atoms with Gasteiger partial charge in [-0.2, -0.15) is 0 Å². The lowest BCUT2D eigenvalue weighted by Gasteiger charge is -2.27. The second kappa shape index (κ2) is 6.73. The minimum absolute atomic E-state index is 0. The van der Waals surface area contributed by atoms with Crippen molar-refractivity contribution in [2.24, 2.45) is 0 Å². The van der Waals surface area contributed by atoms with E-state index in [1.54, 1.807) is 0 Å². The Morgan fingerprint density at radius 2 is 1.69 bits per heavy atom. The topological polar surface area (TPSA) is 61.8 Å². The first kappa shape index (κ1) is 15.2. The van der Waals surface area contributed by atoms with Gasteiger partial charge in [0.05, 0.1) is 6.61 Å². The van der Waals surface area contributed by atoms with E-state index in [1.807, 2.05) is 0 Å². The Morgan fingerprint density at radius 3 is 2.00 bits per heavy atom. The Balaban J connectivity index is 0.00000225. The van der Waals surface area contributed by atoms with E-state index < -0.39 is 5.97 Å². The van der Waals surface area contributed by atoms with Crippen LogP contribution >= 0.6 is 0 Å². The first-order chi connectivity index (χ1) is 7.04. The predicted octanol–water partition coefficient (Wildman–Crippen LogP) is 1.30. The Labute approximate surface area is 96.1 Å². The third-order valence-electron chi connectivity index (χ3n) is 1.94. The lowest BCUT2D eigenvalue weighted by atomic mass is 10.3. The molecule has 0 radical (unpaired) electrons. The summed E-state index contributed by atoms with van der Waals surface area (Å²) in [4.78, 5) is 21.6. The van der Waals surface area contributed by atoms with Gasteiger partial charge in [-0.25, -0.2) is 0 Å². The molecule has 0 bridgehead atoms. The minimum Gasteiger partial charge on any atom is -0.327 e. The molecule has 0 aromatic rings. The van der Waals surface area contributed by atoms with E-state index >= 15 is 0 Å². The fourth-order valence-electron chi connectivity index (χ4n) is 1.28. The quantitative estimate of drug-likeness (QED) is 0.646. The second-order valence-electron chi connectivity index (χ2n) is 3.62. The third kappa shape index (κ3) is 4.83. The number of ether oxygens (including phenoxy) is 3. The van der Waals surface area contributed by atoms with Gasteiger partial charge in [-0.1, -0.05) is 7.43 Å². The number of Topliss-reactive ketones (excluding diaryl/α,β-unsaturated/α-hetero) is 2. The zero-order chi connectivity index (χ0) is 11.3. The van der Waals surface area contributed by atoms with Gasteiger partial charge in [0.2, 0.25) is 0 Å². The highest BCUT2D eigenvalue weighted by Crippen LogP contribution is 2.28. The number of hydrogen-bond donors (Lipinski definition) is 0. The fraction of sp³-hybridized carbons (Fsp3) is 0.818. The number of hydrogen-bond acceptors (Lipinski definition) is 5. The van der Waals surface area contributed by atoms with Crippen LogP contribution in [0.3, 0.4) is 0 Å². The van der Waals surface area contributed by atoms with E-state index in [4.69, 9.17) is 14.2 Å². The molecule has 0 aromatic heterocycles. The normalized spacial score (nSPS) is 17.9. The van der Waals surface area contributed by atoms with Gasteiger partial charge in [0.1, 0.15) is 13.2 Å². The van der Waals surface area contributed by atoms with Crippen molar-refractivity contribution in [3.63, 3.8) is 0 Å². The maximum Gasteiger partial charge on any atom is 0.283 e. The highest BCUT2D eigenvalue weighted by atomic mass is 16.9. The Kier molecular flexibility index (Phi) is 6.40. The minimum atomic E-state index is -1.18. The van der Waals surface area contributed by atoms with Gasteiger partial charge in [-0.05, 0) is 20.3 Å². The van der Waals surface area contributed by atoms with Gasteiger partial charge in [0.25, 0.3) is 5.97 Å². The van der Waals surface area contributed by atoms with Gasteiger partial charge < -0.3 is 14.2 Å². The highest BCUT2D eigenvalue weighted by Gasteiger charge is 2.38. The molecule has 1 heterocycles. The van der Waals surface area contributed by atoms with Crippen LogP contribution in [0.15, 0.2) is 0 Å². The van der Waals surface area contributed by atoms with E-state index in [-0.39, 0.29) is 32.2 Å². The van der Waals surface area contributed by atoms with Crippen molar-refractivity contribution in [2.75, 3.05) is 19.8 Å². The van der Waals surface area contributed by atoms with Crippen LogP contribution in [0.4, 0.5) is 0 Å². The number of carbonyl (C=O) groups excluding carboxylic acids is 2. The summed E-state index contributed by atoms with van der Waals surface area (Å²) in [5, 5.41) is 0. The molecule has 5 heteroatoms. The van der Waals surface area contributed by atoms with E-state index in [1.165, 1.54) is 13.8 Å². The SMILES string of the molecule is C.CC(=O)COC1(OCC(C)=O)CCCO1. The van der Waals surface area contributed by atoms with Crippen LogP contribution in [0.1, 0.15) is 34.1 Å². The molecule has 5 nitrogen and oxygen atoms in total. The molecule has 1 rings (SSSR count). The van der Waals surface area contributed by atoms with Crippen LogP contribution in [0.25, 0.3) is 0 Å². The molecule has 0 unspecified atom stereocenters. The number of rotatable bonds is 6. The fourth-order valence-corrected chi connectivity index (χ4v) is 1.28. The van der Waals surface area contributed by atoms with Crippen LogP contribution in [0.2, 0.25) is 0 Å². The Morgan fingerprint density at radius 1 is 1.19 bits per heavy atom. The molecular formula is C11H20O5. The molecule has 1 fully saturated rings. The molecule has 0 saturated carbocycles. The summed E-state index contributed by atoms with van der Waals surface area (Å²) in [5.41, 5.74) is 0. The van der Waals surface area contributed by atoms with E-state index in [2.05, 4.69) is 0 Å². The lowest BCUT2D eigenvalue weighted by molar-refractivity contribution is -0.354. The van der Waals surface area contributed by atoms with Crippen molar-refractivity contribution in [3.8, 4) is 0 Å². The summed E-state index contributed by atoms with van der Waals surface area (Å²) in [6, 6.07) is 0. The highest BCUT2D eigenvalue weighted by molar-refractivity contribution is 5.77. The van der Waals surface area contributed by atoms with E-state index in [0.717, 1.165) is 6.42 Å². The van der Waals surface area contributed by atoms with Gasteiger partial charge in [0.15, 0.2) is 11.6 Å². The van der Waals surface area contributed by atoms with Crippen molar-refractivity contribution in [2.45, 2.75) is 40.1 Å². The largest absolute Gasteiger partial charge is 0.327 e. The van der Waals surface area contributed by atoms with Gasteiger partial charge in [-0.3, -0.25) is 9.59 Å². The Bertz CT molecular complexity index is 223. The zero-order valence-electron chi connectivity index (χ0n) is 9.08. The molecule has 0 atom stereocenters. The summed E-state index contributed by atoms with van der Waals surface area (Å²) in [5.74, 6) is -1.38. The first-order valence-electron chi connectivity index (χ1n) is 4.95. The molecule has 0 aliphatic carbocycles. The van der Waals surface area contributed by atoms with Crippen LogP contribution in [-0.4, -0.2) is 37.4 Å². The van der Waals surface area contributed by atoms with Crippen molar-refractivity contribution in [1.29, 1.82) is 0 Å². The van der Waals surface area contributed by atoms with Crippen LogP contribution in [-0.2, 0) is 23.8 Å². The first-order valence-corrected chi connectivity index (χ1v) is 4.95. The van der Waals surface area contributed by atoms with E-state index in [9.17, 15) is 9.59 Å². The number of ketones is 2. The van der Waals surface area contributed by atoms with Crippen molar-refractivity contribution >= 4 is 11.6 Å². The zero-order valence-corrected chi connectivity index (χ0v) is 9.08. The smallest absolute Gasteiger partial charge is 0.283 e. The summed E-state index contributed by atoms with van der Waals surface area (Å²) < 4.78 is 15.8. The predicted molar refractivity (Wildman–Crippen MR) is 57.9 cm³/mol. The molecule has 16 heavy (non-hydrogen) atoms. The van der Waals surface area contributed by atoms with Gasteiger partial charge >= 0.3 is 0 Å². The molecule has 1 aliphatic rings. The molecular weight excluding hydrogens is 212 g/mol. The maximum absolute atomic E-state index is 10.8. The molecule has 0 amide bonds. The second-order valence-corrected chi connectivity index (χ2v) is 3.62. The molecule has 0 aromatic carbocycles. The monoisotopic (exact) mass is 232 g/mol. The van der Waals surface area contributed by atoms with Crippen molar-refractivity contribution < 1.29 is 23.8 Å². The molecule has 0 spiro atoms.